The third-order valence-electron chi connectivity index (χ3n) is 6.62. The number of nitrogens with one attached hydrogen (secondary N) is 4. The molecule has 2 aromatic carbocycles. The van der Waals surface area contributed by atoms with Crippen LogP contribution in [0.15, 0.2) is 73.1 Å². The molecule has 10 heteroatoms. The number of para-hydroxylation sites is 1. The molecule has 0 bridgehead atoms. The lowest BCUT2D eigenvalue weighted by Crippen LogP contribution is -2.45. The average molecular weight is 544 g/mol. The first kappa shape index (κ1) is 26.4. The zero-order valence-electron chi connectivity index (χ0n) is 21.6. The topological polar surface area (TPSA) is 115 Å². The molecule has 0 spiro atoms. The smallest absolute Gasteiger partial charge is 0.253 e. The second-order valence-corrected chi connectivity index (χ2v) is 9.81. The van der Waals surface area contributed by atoms with Crippen molar-refractivity contribution in [2.45, 2.75) is 18.9 Å². The number of piperidine rings is 1. The van der Waals surface area contributed by atoms with E-state index >= 15 is 0 Å². The number of H-pyrrole nitrogens is 1. The van der Waals surface area contributed by atoms with Crippen LogP contribution in [0.3, 0.4) is 0 Å². The maximum atomic E-state index is 13.2. The van der Waals surface area contributed by atoms with Gasteiger partial charge in [-0.2, -0.15) is 0 Å². The summed E-state index contributed by atoms with van der Waals surface area (Å²) in [4.78, 5) is 39.4. The maximum absolute atomic E-state index is 13.2. The van der Waals surface area contributed by atoms with Gasteiger partial charge in [0.2, 0.25) is 11.9 Å². The van der Waals surface area contributed by atoms with Crippen molar-refractivity contribution in [1.29, 1.82) is 0 Å². The molecule has 1 fully saturated rings. The third-order valence-corrected chi connectivity index (χ3v) is 6.90. The molecule has 0 aliphatic carbocycles. The van der Waals surface area contributed by atoms with E-state index in [0.717, 1.165) is 29.3 Å². The number of nitrogens with zero attached hydrogens (tertiary/aromatic N) is 3. The Hall–Kier alpha value is -4.21. The minimum atomic E-state index is -0.216. The summed E-state index contributed by atoms with van der Waals surface area (Å²) >= 11 is 6.48. The maximum Gasteiger partial charge on any atom is 0.253 e. The van der Waals surface area contributed by atoms with E-state index in [0.29, 0.717) is 47.6 Å². The number of carbonyl (C=O) groups excluding carboxylic acids is 2. The lowest BCUT2D eigenvalue weighted by atomic mass is 10.0. The average Bonchev–Trinajstić information content (AvgIpc) is 3.38. The van der Waals surface area contributed by atoms with Gasteiger partial charge >= 0.3 is 0 Å². The van der Waals surface area contributed by atoms with E-state index in [4.69, 9.17) is 16.6 Å². The van der Waals surface area contributed by atoms with Gasteiger partial charge in [0.1, 0.15) is 0 Å². The summed E-state index contributed by atoms with van der Waals surface area (Å²) in [6.45, 7) is 1.82. The highest BCUT2D eigenvalue weighted by Crippen LogP contribution is 2.32. The van der Waals surface area contributed by atoms with E-state index in [-0.39, 0.29) is 17.9 Å². The number of hydrogen-bond donors (Lipinski definition) is 4. The summed E-state index contributed by atoms with van der Waals surface area (Å²) in [5, 5.41) is 10.7. The van der Waals surface area contributed by atoms with Gasteiger partial charge in [0.15, 0.2) is 0 Å². The zero-order valence-corrected chi connectivity index (χ0v) is 22.3. The molecule has 200 valence electrons. The van der Waals surface area contributed by atoms with Crippen molar-refractivity contribution in [3.8, 4) is 11.3 Å². The highest BCUT2D eigenvalue weighted by molar-refractivity contribution is 6.33. The SMILES string of the molecule is CNC/C=C/C(=O)Nc1ccc(C(=O)N2CCC[C@@H](Nc3ncc(Cl)c(-c4c[nH]c5ccccc45)n3)C2)cc1. The molecule has 4 aromatic rings. The van der Waals surface area contributed by atoms with Crippen molar-refractivity contribution in [3.05, 3.63) is 83.7 Å². The van der Waals surface area contributed by atoms with Gasteiger partial charge in [-0.1, -0.05) is 35.9 Å². The Morgan fingerprint density at radius 3 is 2.82 bits per heavy atom. The van der Waals surface area contributed by atoms with Crippen LogP contribution in [0, 0.1) is 0 Å². The van der Waals surface area contributed by atoms with E-state index in [1.165, 1.54) is 6.08 Å². The number of amides is 2. The van der Waals surface area contributed by atoms with Gasteiger partial charge in [0.25, 0.3) is 5.91 Å². The number of halogens is 1. The largest absolute Gasteiger partial charge is 0.360 e. The van der Waals surface area contributed by atoms with Crippen molar-refractivity contribution in [2.24, 2.45) is 0 Å². The van der Waals surface area contributed by atoms with Crippen molar-refractivity contribution < 1.29 is 9.59 Å². The monoisotopic (exact) mass is 543 g/mol. The predicted molar refractivity (Wildman–Crippen MR) is 155 cm³/mol. The fourth-order valence-electron chi connectivity index (χ4n) is 4.70. The molecule has 4 N–H and O–H groups in total. The number of aromatic nitrogens is 3. The first-order valence-electron chi connectivity index (χ1n) is 12.9. The van der Waals surface area contributed by atoms with E-state index in [2.05, 4.69) is 25.9 Å². The molecule has 2 aromatic heterocycles. The van der Waals surface area contributed by atoms with E-state index in [1.54, 1.807) is 36.5 Å². The molecule has 5 rings (SSSR count). The van der Waals surface area contributed by atoms with Crippen molar-refractivity contribution in [1.82, 2.24) is 25.2 Å². The lowest BCUT2D eigenvalue weighted by Gasteiger charge is -2.33. The molecule has 1 aliphatic rings. The number of hydrogen-bond acceptors (Lipinski definition) is 6. The van der Waals surface area contributed by atoms with Crippen LogP contribution in [-0.2, 0) is 4.79 Å². The van der Waals surface area contributed by atoms with Gasteiger partial charge in [-0.05, 0) is 50.2 Å². The van der Waals surface area contributed by atoms with Crippen molar-refractivity contribution >= 4 is 46.0 Å². The molecule has 0 unspecified atom stereocenters. The normalized spacial score (nSPS) is 15.5. The lowest BCUT2D eigenvalue weighted by molar-refractivity contribution is -0.111. The molecule has 3 heterocycles. The van der Waals surface area contributed by atoms with Gasteiger partial charge in [-0.15, -0.1) is 0 Å². The highest BCUT2D eigenvalue weighted by atomic mass is 35.5. The number of benzene rings is 2. The third kappa shape index (κ3) is 6.27. The number of likely N-dealkylation sites (N-methyl/N-ethyl adjacent to an activating group) is 1. The summed E-state index contributed by atoms with van der Waals surface area (Å²) in [5.74, 6) is 0.208. The minimum absolute atomic E-state index is 0.00246. The van der Waals surface area contributed by atoms with Crippen LogP contribution in [0.1, 0.15) is 23.2 Å². The molecule has 1 aliphatic heterocycles. The quantitative estimate of drug-likeness (QED) is 0.239. The summed E-state index contributed by atoms with van der Waals surface area (Å²) in [6, 6.07) is 15.0. The highest BCUT2D eigenvalue weighted by Gasteiger charge is 2.25. The molecule has 2 amide bonds. The van der Waals surface area contributed by atoms with Gasteiger partial charge in [0.05, 0.1) is 16.9 Å². The van der Waals surface area contributed by atoms with Gasteiger partial charge in [0, 0.05) is 65.7 Å². The van der Waals surface area contributed by atoms with E-state index in [9.17, 15) is 9.59 Å². The molecule has 0 saturated carbocycles. The first-order valence-corrected chi connectivity index (χ1v) is 13.3. The number of anilines is 2. The van der Waals surface area contributed by atoms with Crippen LogP contribution in [0.5, 0.6) is 0 Å². The van der Waals surface area contributed by atoms with Crippen LogP contribution < -0.4 is 16.0 Å². The Balaban J connectivity index is 1.23. The Kier molecular flexibility index (Phi) is 8.19. The second kappa shape index (κ2) is 12.1. The standard InChI is InChI=1S/C29H30ClN7O2/c1-31-14-4-9-26(38)34-20-12-10-19(11-13-20)28(39)37-15-5-6-21(18-37)35-29-33-17-24(30)27(36-29)23-16-32-25-8-3-2-7-22(23)25/h2-4,7-13,16-17,21,31-32H,5-6,14-15,18H2,1H3,(H,34,38)(H,33,35,36)/b9-4+/t21-/m1/s1. The van der Waals surface area contributed by atoms with E-state index < -0.39 is 0 Å². The molecule has 9 nitrogen and oxygen atoms in total. The fourth-order valence-corrected chi connectivity index (χ4v) is 4.89. The van der Waals surface area contributed by atoms with Crippen LogP contribution in [-0.4, -0.2) is 64.4 Å². The number of rotatable bonds is 8. The van der Waals surface area contributed by atoms with Gasteiger partial charge < -0.3 is 25.8 Å². The minimum Gasteiger partial charge on any atom is -0.360 e. The summed E-state index contributed by atoms with van der Waals surface area (Å²) in [6.07, 6.45) is 8.48. The van der Waals surface area contributed by atoms with E-state index in [1.807, 2.05) is 42.4 Å². The first-order chi connectivity index (χ1) is 19.0. The van der Waals surface area contributed by atoms with Gasteiger partial charge in [-0.25, -0.2) is 9.97 Å². The Labute approximate surface area is 231 Å². The molecular weight excluding hydrogens is 514 g/mol. The van der Waals surface area contributed by atoms with Crippen LogP contribution in [0.2, 0.25) is 5.02 Å². The molecule has 0 radical (unpaired) electrons. The number of likely N-dealkylation sites (tertiary alicyclic amines) is 1. The number of fused-ring (bicyclic) bond motifs is 1. The van der Waals surface area contributed by atoms with Crippen molar-refractivity contribution in [2.75, 3.05) is 37.3 Å². The zero-order chi connectivity index (χ0) is 27.2. The van der Waals surface area contributed by atoms with Crippen LogP contribution in [0.25, 0.3) is 22.2 Å². The van der Waals surface area contributed by atoms with Crippen molar-refractivity contribution in [3.63, 3.8) is 0 Å². The molecule has 1 atom stereocenters. The van der Waals surface area contributed by atoms with Gasteiger partial charge in [-0.3, -0.25) is 9.59 Å². The summed E-state index contributed by atoms with van der Waals surface area (Å²) in [5.41, 5.74) is 3.78. The fraction of sp³-hybridized carbons (Fsp3) is 0.241. The Morgan fingerprint density at radius 1 is 1.18 bits per heavy atom. The second-order valence-electron chi connectivity index (χ2n) is 9.40. The Bertz CT molecular complexity index is 1500. The van der Waals surface area contributed by atoms with Crippen LogP contribution in [0.4, 0.5) is 11.6 Å². The van der Waals surface area contributed by atoms with Crippen LogP contribution >= 0.6 is 11.6 Å². The number of aromatic amines is 1. The number of carbonyl (C=O) groups is 2. The predicted octanol–water partition coefficient (Wildman–Crippen LogP) is 4.71. The molecule has 1 saturated heterocycles. The molecular formula is C29H30ClN7O2. The molecule has 39 heavy (non-hydrogen) atoms. The summed E-state index contributed by atoms with van der Waals surface area (Å²) in [7, 11) is 1.81. The summed E-state index contributed by atoms with van der Waals surface area (Å²) < 4.78 is 0. The Morgan fingerprint density at radius 2 is 2.00 bits per heavy atom.